The second-order valence-corrected chi connectivity index (χ2v) is 29.9. The van der Waals surface area contributed by atoms with Gasteiger partial charge in [-0.3, -0.25) is 0 Å². The van der Waals surface area contributed by atoms with Crippen LogP contribution in [0.3, 0.4) is 0 Å². The first-order valence-corrected chi connectivity index (χ1v) is 39.1. The molecule has 7 heteroatoms. The van der Waals surface area contributed by atoms with E-state index in [4.69, 9.17) is 8.83 Å². The molecule has 0 fully saturated rings. The molecular formula is C108H67BF2N2O2. The van der Waals surface area contributed by atoms with Gasteiger partial charge in [0.2, 0.25) is 0 Å². The molecule has 20 aromatic rings. The van der Waals surface area contributed by atoms with Crippen molar-refractivity contribution >= 4 is 101 Å². The Morgan fingerprint density at radius 1 is 0.191 bits per heavy atom. The van der Waals surface area contributed by atoms with Gasteiger partial charge in [0.15, 0.2) is 0 Å². The SMILES string of the molecule is Fc1cc2c(cc1-c1cccc3c1oc1c(-c4ccccc4)cccc13)B1c3cc(-c4cccc5c4oc4c(-c6ccccc6)cccc45)c(F)cc3N(c3c(-c4ccccc4)cc(-c4ccccc4)cc3-c3ccccc3)c3cc(-c4ccccc4)cc(c31)N2c1c(-c2ccccc2)cc(-c2ccccc2)cc1-c1ccccc1. The van der Waals surface area contributed by atoms with Crippen LogP contribution in [0.25, 0.3) is 166 Å². The Bertz CT molecular complexity index is 6670. The molecule has 2 aliphatic rings. The van der Waals surface area contributed by atoms with Crippen molar-refractivity contribution in [3.8, 4) is 122 Å². The molecule has 0 aliphatic carbocycles. The summed E-state index contributed by atoms with van der Waals surface area (Å²) in [7, 11) is 0. The van der Waals surface area contributed by atoms with Crippen molar-refractivity contribution in [2.45, 2.75) is 0 Å². The maximum absolute atomic E-state index is 19.8. The summed E-state index contributed by atoms with van der Waals surface area (Å²) in [5.74, 6) is -0.901. The third-order valence-corrected chi connectivity index (χ3v) is 23.4. The van der Waals surface area contributed by atoms with Gasteiger partial charge in [0.05, 0.1) is 11.4 Å². The molecule has 0 N–H and O–H groups in total. The Labute approximate surface area is 664 Å². The van der Waals surface area contributed by atoms with E-state index in [0.717, 1.165) is 161 Å². The van der Waals surface area contributed by atoms with Crippen molar-refractivity contribution < 1.29 is 17.6 Å². The van der Waals surface area contributed by atoms with Crippen LogP contribution in [0.4, 0.5) is 42.9 Å². The minimum Gasteiger partial charge on any atom is -0.455 e. The zero-order chi connectivity index (χ0) is 76.2. The van der Waals surface area contributed by atoms with E-state index >= 15 is 8.78 Å². The molecule has 0 atom stereocenters. The topological polar surface area (TPSA) is 32.8 Å². The lowest BCUT2D eigenvalue weighted by molar-refractivity contribution is 0.630. The third-order valence-electron chi connectivity index (χ3n) is 23.4. The van der Waals surface area contributed by atoms with Crippen molar-refractivity contribution in [3.63, 3.8) is 0 Å². The number of hydrogen-bond acceptors (Lipinski definition) is 4. The van der Waals surface area contributed by atoms with Gasteiger partial charge in [-0.25, -0.2) is 8.78 Å². The summed E-state index contributed by atoms with van der Waals surface area (Å²) < 4.78 is 54.1. The predicted molar refractivity (Wildman–Crippen MR) is 475 cm³/mol. The fourth-order valence-corrected chi connectivity index (χ4v) is 18.2. The van der Waals surface area contributed by atoms with Crippen molar-refractivity contribution in [1.82, 2.24) is 0 Å². The minimum absolute atomic E-state index is 0.350. The smallest absolute Gasteiger partial charge is 0.252 e. The molecule has 2 aliphatic heterocycles. The average Bonchev–Trinajstić information content (AvgIpc) is 1.12. The maximum Gasteiger partial charge on any atom is 0.252 e. The lowest BCUT2D eigenvalue weighted by Gasteiger charge is -2.46. The number of rotatable bonds is 13. The molecule has 0 amide bonds. The van der Waals surface area contributed by atoms with Crippen LogP contribution in [0.5, 0.6) is 0 Å². The fraction of sp³-hybridized carbons (Fsp3) is 0. The van der Waals surface area contributed by atoms with Gasteiger partial charge in [0.1, 0.15) is 34.0 Å². The van der Waals surface area contributed by atoms with Gasteiger partial charge in [0, 0.05) is 99.9 Å². The van der Waals surface area contributed by atoms with Gasteiger partial charge < -0.3 is 18.6 Å². The standard InChI is InChI=1S/C108H67BF2N2O2/c110-96-66-98-94(64-92(96)86-56-30-54-84-82-52-28-50-80(105(82)114-107(84)86)71-38-16-4-17-39-71)109-95-65-93(87-57-31-55-85-83-53-29-51-81(106(83)115-108(85)87)72-40-18-5-19-41-72)97(111)67-99(95)113(104-90(75-46-24-8-25-47-75)60-78(69-34-12-2-13-35-69)61-91(104)76-48-26-9-27-49-76)101-63-79(70-36-14-3-15-37-70)62-100(102(101)109)112(98)103-88(73-42-20-6-21-43-73)58-77(68-32-10-1-11-33-68)59-89(103)74-44-22-7-23-45-74/h1-67H. The molecule has 0 unspecified atom stereocenters. The van der Waals surface area contributed by atoms with Crippen LogP contribution in [0.2, 0.25) is 0 Å². The van der Waals surface area contributed by atoms with E-state index in [1.54, 1.807) is 12.1 Å². The second-order valence-electron chi connectivity index (χ2n) is 29.9. The Morgan fingerprint density at radius 3 is 0.722 bits per heavy atom. The first-order chi connectivity index (χ1) is 56.9. The number of para-hydroxylation sites is 4. The quantitative estimate of drug-likeness (QED) is 0.108. The Balaban J connectivity index is 0.918. The number of anilines is 6. The van der Waals surface area contributed by atoms with Gasteiger partial charge in [-0.2, -0.15) is 0 Å². The summed E-state index contributed by atoms with van der Waals surface area (Å²) in [6.45, 7) is -0.738. The van der Waals surface area contributed by atoms with E-state index in [2.05, 4.69) is 343 Å². The van der Waals surface area contributed by atoms with Gasteiger partial charge in [-0.1, -0.05) is 358 Å². The number of fused-ring (bicyclic) bond motifs is 10. The van der Waals surface area contributed by atoms with E-state index in [1.165, 1.54) is 0 Å². The van der Waals surface area contributed by atoms with E-state index in [-0.39, 0.29) is 0 Å². The molecule has 4 heterocycles. The number of benzene rings is 18. The highest BCUT2D eigenvalue weighted by Gasteiger charge is 2.47. The lowest BCUT2D eigenvalue weighted by Crippen LogP contribution is -2.61. The Hall–Kier alpha value is -14.9. The van der Waals surface area contributed by atoms with Gasteiger partial charge in [0.25, 0.3) is 6.71 Å². The van der Waals surface area contributed by atoms with E-state index < -0.39 is 18.3 Å². The molecule has 538 valence electrons. The Kier molecular flexibility index (Phi) is 16.0. The van der Waals surface area contributed by atoms with Crippen molar-refractivity contribution in [2.24, 2.45) is 0 Å². The minimum atomic E-state index is -0.738. The van der Waals surface area contributed by atoms with Crippen LogP contribution in [-0.2, 0) is 0 Å². The van der Waals surface area contributed by atoms with E-state index in [0.29, 0.717) is 56.0 Å². The Morgan fingerprint density at radius 2 is 0.435 bits per heavy atom. The third kappa shape index (κ3) is 11.2. The van der Waals surface area contributed by atoms with E-state index in [9.17, 15) is 0 Å². The predicted octanol–water partition coefficient (Wildman–Crippen LogP) is 28.2. The average molecular weight is 1470 g/mol. The molecule has 18 aromatic carbocycles. The van der Waals surface area contributed by atoms with Gasteiger partial charge in [-0.05, 0) is 132 Å². The summed E-state index contributed by atoms with van der Waals surface area (Å²) in [6.07, 6.45) is 0. The summed E-state index contributed by atoms with van der Waals surface area (Å²) in [5.41, 5.74) is 28.9. The summed E-state index contributed by atoms with van der Waals surface area (Å²) in [5, 5.41) is 3.56. The van der Waals surface area contributed by atoms with Crippen LogP contribution in [0, 0.1) is 11.6 Å². The number of halogens is 2. The van der Waals surface area contributed by atoms with Crippen molar-refractivity contribution in [2.75, 3.05) is 9.80 Å². The molecule has 0 saturated heterocycles. The highest BCUT2D eigenvalue weighted by atomic mass is 19.1. The lowest BCUT2D eigenvalue weighted by atomic mass is 9.33. The highest BCUT2D eigenvalue weighted by Crippen LogP contribution is 2.57. The molecule has 115 heavy (non-hydrogen) atoms. The van der Waals surface area contributed by atoms with Crippen LogP contribution in [-0.4, -0.2) is 6.71 Å². The molecule has 0 bridgehead atoms. The summed E-state index contributed by atoms with van der Waals surface area (Å²) >= 11 is 0. The van der Waals surface area contributed by atoms with Gasteiger partial charge in [-0.15, -0.1) is 0 Å². The first kappa shape index (κ1) is 67.0. The number of nitrogens with zero attached hydrogens (tertiary/aromatic N) is 2. The summed E-state index contributed by atoms with van der Waals surface area (Å²) in [6, 6.07) is 141. The number of hydrogen-bond donors (Lipinski definition) is 0. The normalized spacial score (nSPS) is 12.2. The molecule has 0 saturated carbocycles. The van der Waals surface area contributed by atoms with Crippen LogP contribution in [0.1, 0.15) is 0 Å². The number of furan rings is 2. The first-order valence-electron chi connectivity index (χ1n) is 39.1. The van der Waals surface area contributed by atoms with Crippen LogP contribution >= 0.6 is 0 Å². The maximum atomic E-state index is 19.8. The fourth-order valence-electron chi connectivity index (χ4n) is 18.2. The summed E-state index contributed by atoms with van der Waals surface area (Å²) in [4.78, 5) is 4.75. The van der Waals surface area contributed by atoms with E-state index in [1.807, 2.05) is 60.7 Å². The highest BCUT2D eigenvalue weighted by molar-refractivity contribution is 7.00. The van der Waals surface area contributed by atoms with Crippen LogP contribution in [0.15, 0.2) is 415 Å². The molecule has 0 radical (unpaired) electrons. The largest absolute Gasteiger partial charge is 0.455 e. The molecular weight excluding hydrogens is 1410 g/mol. The molecule has 22 rings (SSSR count). The molecule has 4 nitrogen and oxygen atoms in total. The molecule has 2 aromatic heterocycles. The second kappa shape index (κ2) is 27.5. The van der Waals surface area contributed by atoms with Crippen molar-refractivity contribution in [3.05, 3.63) is 418 Å². The zero-order valence-corrected chi connectivity index (χ0v) is 62.2. The molecule has 0 spiro atoms. The van der Waals surface area contributed by atoms with Crippen molar-refractivity contribution in [1.29, 1.82) is 0 Å². The van der Waals surface area contributed by atoms with Gasteiger partial charge >= 0.3 is 0 Å². The van der Waals surface area contributed by atoms with Crippen LogP contribution < -0.4 is 26.2 Å². The zero-order valence-electron chi connectivity index (χ0n) is 62.2. The monoisotopic (exact) mass is 1470 g/mol.